The summed E-state index contributed by atoms with van der Waals surface area (Å²) in [6.07, 6.45) is 2.94. The number of halogens is 5. The predicted molar refractivity (Wildman–Crippen MR) is 134 cm³/mol. The number of aliphatic hydroxyl groups excluding tert-OH is 1. The third-order valence-electron chi connectivity index (χ3n) is 6.52. The van der Waals surface area contributed by atoms with Gasteiger partial charge in [-0.25, -0.2) is 27.8 Å². The first kappa shape index (κ1) is 27.9. The van der Waals surface area contributed by atoms with Crippen molar-refractivity contribution >= 4 is 22.8 Å². The van der Waals surface area contributed by atoms with Gasteiger partial charge in [-0.2, -0.15) is 13.9 Å². The quantitative estimate of drug-likeness (QED) is 0.113. The first-order chi connectivity index (χ1) is 19.5. The summed E-state index contributed by atoms with van der Waals surface area (Å²) in [5.74, 6) is -10.2. The highest BCUT2D eigenvalue weighted by atomic mass is 19.2. The Morgan fingerprint density at radius 2 is 1.80 bits per heavy atom. The normalized spacial score (nSPS) is 17.2. The highest BCUT2D eigenvalue weighted by molar-refractivity contribution is 5.98. The first-order valence-corrected chi connectivity index (χ1v) is 12.2. The van der Waals surface area contributed by atoms with Gasteiger partial charge in [0.1, 0.15) is 29.4 Å². The molecule has 2 heterocycles. The molecule has 0 aliphatic heterocycles. The fraction of sp³-hybridized carbons (Fsp3) is 0.231. The number of anilines is 1. The molecule has 5 rings (SSSR count). The van der Waals surface area contributed by atoms with Gasteiger partial charge in [-0.05, 0) is 37.5 Å². The number of nitrogens with one attached hydrogen (secondary N) is 1. The second-order valence-electron chi connectivity index (χ2n) is 9.24. The van der Waals surface area contributed by atoms with E-state index in [0.29, 0.717) is 24.9 Å². The maximum atomic E-state index is 15.3. The molecule has 0 spiro atoms. The van der Waals surface area contributed by atoms with Gasteiger partial charge in [0.25, 0.3) is 0 Å². The number of amides is 1. The highest BCUT2D eigenvalue weighted by Crippen LogP contribution is 2.39. The smallest absolute Gasteiger partial charge is 0.244 e. The number of aromatic nitrogens is 4. The minimum Gasteiger partial charge on any atom is -0.451 e. The lowest BCUT2D eigenvalue weighted by atomic mass is 10.1. The van der Waals surface area contributed by atoms with Gasteiger partial charge >= 0.3 is 0 Å². The minimum absolute atomic E-state index is 0.00547. The molecule has 0 radical (unpaired) electrons. The molecule has 0 unspecified atom stereocenters. The Morgan fingerprint density at radius 3 is 2.49 bits per heavy atom. The number of carbonyl (C=O) groups excluding carboxylic acids is 1. The monoisotopic (exact) mass is 576 g/mol. The summed E-state index contributed by atoms with van der Waals surface area (Å²) in [4.78, 5) is 20.3. The maximum absolute atomic E-state index is 15.3. The van der Waals surface area contributed by atoms with Gasteiger partial charge in [-0.15, -0.1) is 0 Å². The van der Waals surface area contributed by atoms with E-state index in [2.05, 4.69) is 20.4 Å². The SMILES string of the molecule is Nc1ncnc2c1c(-c1ccc(Oc3c(F)c(F)cc(F)c3F)cc1F)nn2[C@H]1CC[C@H](NC(=O)/C=C/C(O)O)C1. The average Bonchev–Trinajstić information content (AvgIpc) is 3.54. The lowest BCUT2D eigenvalue weighted by Gasteiger charge is -2.13. The second kappa shape index (κ2) is 11.1. The molecule has 5 N–H and O–H groups in total. The molecule has 1 saturated carbocycles. The Balaban J connectivity index is 1.45. The zero-order valence-corrected chi connectivity index (χ0v) is 20.9. The predicted octanol–water partition coefficient (Wildman–Crippen LogP) is 3.64. The summed E-state index contributed by atoms with van der Waals surface area (Å²) >= 11 is 0. The lowest BCUT2D eigenvalue weighted by molar-refractivity contribution is -0.117. The van der Waals surface area contributed by atoms with Crippen molar-refractivity contribution in [3.63, 3.8) is 0 Å². The highest BCUT2D eigenvalue weighted by Gasteiger charge is 2.31. The van der Waals surface area contributed by atoms with Crippen LogP contribution in [0.25, 0.3) is 22.3 Å². The standard InChI is InChI=1S/C26H21F5N6O4/c27-15-8-13(41-24-21(30)16(28)9-17(29)22(24)31)3-4-14(15)23-20-25(32)33-10-34-26(20)37(36-23)12-2-1-11(7-12)35-18(38)5-6-19(39)40/h3-6,8-12,19,39-40H,1-2,7H2,(H,35,38)(H2,32,33,34)/b6-5+/t11-,12-/m0/s1. The van der Waals surface area contributed by atoms with E-state index in [9.17, 15) is 22.4 Å². The van der Waals surface area contributed by atoms with Gasteiger partial charge < -0.3 is 26.0 Å². The van der Waals surface area contributed by atoms with Gasteiger partial charge in [0, 0.05) is 29.8 Å². The Hall–Kier alpha value is -4.63. The van der Waals surface area contributed by atoms with Crippen LogP contribution in [0.3, 0.4) is 0 Å². The number of aliphatic hydroxyl groups is 2. The van der Waals surface area contributed by atoms with Crippen molar-refractivity contribution in [3.8, 4) is 22.8 Å². The van der Waals surface area contributed by atoms with Crippen molar-refractivity contribution in [1.82, 2.24) is 25.1 Å². The van der Waals surface area contributed by atoms with Gasteiger partial charge in [0.15, 0.2) is 23.6 Å². The molecule has 214 valence electrons. The molecule has 2 atom stereocenters. The Kier molecular flexibility index (Phi) is 7.55. The van der Waals surface area contributed by atoms with Crippen molar-refractivity contribution in [2.75, 3.05) is 5.73 Å². The Labute approximate surface area is 227 Å². The summed E-state index contributed by atoms with van der Waals surface area (Å²) in [5, 5.41) is 25.3. The summed E-state index contributed by atoms with van der Waals surface area (Å²) in [7, 11) is 0. The van der Waals surface area contributed by atoms with Crippen molar-refractivity contribution in [2.24, 2.45) is 0 Å². The number of fused-ring (bicyclic) bond motifs is 1. The zero-order valence-electron chi connectivity index (χ0n) is 20.9. The molecule has 41 heavy (non-hydrogen) atoms. The molecule has 2 aromatic carbocycles. The number of nitrogens with two attached hydrogens (primary N) is 1. The van der Waals surface area contributed by atoms with Crippen LogP contribution in [0.2, 0.25) is 0 Å². The van der Waals surface area contributed by atoms with E-state index in [1.807, 2.05) is 0 Å². The van der Waals surface area contributed by atoms with Crippen LogP contribution in [0.5, 0.6) is 11.5 Å². The molecule has 0 saturated heterocycles. The molecule has 0 bridgehead atoms. The fourth-order valence-electron chi connectivity index (χ4n) is 4.68. The number of ether oxygens (including phenoxy) is 1. The molecular weight excluding hydrogens is 555 g/mol. The van der Waals surface area contributed by atoms with Crippen LogP contribution in [0.4, 0.5) is 27.8 Å². The van der Waals surface area contributed by atoms with Gasteiger partial charge in [0.05, 0.1) is 11.4 Å². The van der Waals surface area contributed by atoms with Crippen LogP contribution in [-0.2, 0) is 4.79 Å². The van der Waals surface area contributed by atoms with Crippen molar-refractivity contribution in [3.05, 3.63) is 71.8 Å². The summed E-state index contributed by atoms with van der Waals surface area (Å²) < 4.78 is 77.0. The van der Waals surface area contributed by atoms with Crippen LogP contribution < -0.4 is 15.8 Å². The zero-order chi connectivity index (χ0) is 29.4. The van der Waals surface area contributed by atoms with Crippen molar-refractivity contribution in [2.45, 2.75) is 37.6 Å². The number of carbonyl (C=O) groups is 1. The molecular formula is C26H21F5N6O4. The average molecular weight is 576 g/mol. The van der Waals surface area contributed by atoms with Gasteiger partial charge in [0.2, 0.25) is 23.3 Å². The molecule has 10 nitrogen and oxygen atoms in total. The van der Waals surface area contributed by atoms with Gasteiger partial charge in [-0.3, -0.25) is 4.79 Å². The number of rotatable bonds is 7. The number of hydrogen-bond donors (Lipinski definition) is 4. The fourth-order valence-corrected chi connectivity index (χ4v) is 4.68. The van der Waals surface area contributed by atoms with Crippen molar-refractivity contribution in [1.29, 1.82) is 0 Å². The minimum atomic E-state index is -1.78. The van der Waals surface area contributed by atoms with E-state index >= 15 is 4.39 Å². The molecule has 1 aliphatic rings. The molecule has 2 aromatic heterocycles. The molecule has 1 amide bonds. The summed E-state index contributed by atoms with van der Waals surface area (Å²) in [6.45, 7) is 0. The van der Waals surface area contributed by atoms with Crippen LogP contribution in [0, 0.1) is 29.1 Å². The Bertz CT molecular complexity index is 1650. The van der Waals surface area contributed by atoms with E-state index in [-0.39, 0.29) is 40.6 Å². The van der Waals surface area contributed by atoms with E-state index < -0.39 is 52.8 Å². The van der Waals surface area contributed by atoms with Crippen LogP contribution in [-0.4, -0.2) is 48.2 Å². The molecule has 1 fully saturated rings. The second-order valence-corrected chi connectivity index (χ2v) is 9.24. The van der Waals surface area contributed by atoms with Crippen LogP contribution >= 0.6 is 0 Å². The summed E-state index contributed by atoms with van der Waals surface area (Å²) in [6, 6.07) is 2.56. The number of benzene rings is 2. The topological polar surface area (TPSA) is 148 Å². The molecule has 15 heteroatoms. The van der Waals surface area contributed by atoms with Crippen molar-refractivity contribution < 1.29 is 41.7 Å². The summed E-state index contributed by atoms with van der Waals surface area (Å²) in [5.41, 5.74) is 6.35. The van der Waals surface area contributed by atoms with Crippen LogP contribution in [0.15, 0.2) is 42.7 Å². The number of hydrogen-bond acceptors (Lipinski definition) is 8. The van der Waals surface area contributed by atoms with E-state index in [1.165, 1.54) is 12.4 Å². The maximum Gasteiger partial charge on any atom is 0.244 e. The lowest BCUT2D eigenvalue weighted by Crippen LogP contribution is -2.32. The number of nitrogens with zero attached hydrogens (tertiary/aromatic N) is 4. The molecule has 4 aromatic rings. The van der Waals surface area contributed by atoms with Gasteiger partial charge in [-0.1, -0.05) is 0 Å². The number of nitrogen functional groups attached to an aromatic ring is 1. The molecule has 1 aliphatic carbocycles. The van der Waals surface area contributed by atoms with Crippen LogP contribution in [0.1, 0.15) is 25.3 Å². The largest absolute Gasteiger partial charge is 0.451 e. The Morgan fingerprint density at radius 1 is 1.07 bits per heavy atom. The first-order valence-electron chi connectivity index (χ1n) is 12.2. The van der Waals surface area contributed by atoms with E-state index in [4.69, 9.17) is 20.7 Å². The van der Waals surface area contributed by atoms with E-state index in [1.54, 1.807) is 4.68 Å². The van der Waals surface area contributed by atoms with E-state index in [0.717, 1.165) is 24.3 Å². The third kappa shape index (κ3) is 5.53. The third-order valence-corrected chi connectivity index (χ3v) is 6.52.